The molecule has 2 aromatic rings. The first kappa shape index (κ1) is 11.9. The standard InChI is InChI=1S/C13H13ClN2O/c14-11-4-1-5-12(7-11)16-13(9-17)10-3-2-6-15-8-10/h1-8,13,16-17H,9H2. The molecule has 2 rings (SSSR count). The van der Waals surface area contributed by atoms with Gasteiger partial charge in [-0.1, -0.05) is 23.7 Å². The molecule has 1 aromatic carbocycles. The zero-order chi connectivity index (χ0) is 12.1. The lowest BCUT2D eigenvalue weighted by atomic mass is 10.1. The van der Waals surface area contributed by atoms with E-state index in [-0.39, 0.29) is 12.6 Å². The number of hydrogen-bond donors (Lipinski definition) is 2. The number of nitrogens with zero attached hydrogens (tertiary/aromatic N) is 1. The average molecular weight is 249 g/mol. The van der Waals surface area contributed by atoms with Crippen LogP contribution in [-0.4, -0.2) is 16.7 Å². The summed E-state index contributed by atoms with van der Waals surface area (Å²) in [6.07, 6.45) is 3.44. The van der Waals surface area contributed by atoms with Crippen LogP contribution in [-0.2, 0) is 0 Å². The molecule has 4 heteroatoms. The van der Waals surface area contributed by atoms with Crippen molar-refractivity contribution in [2.45, 2.75) is 6.04 Å². The lowest BCUT2D eigenvalue weighted by Gasteiger charge is -2.17. The first-order valence-electron chi connectivity index (χ1n) is 5.32. The molecule has 0 saturated heterocycles. The summed E-state index contributed by atoms with van der Waals surface area (Å²) in [5.41, 5.74) is 1.82. The van der Waals surface area contributed by atoms with E-state index < -0.39 is 0 Å². The zero-order valence-electron chi connectivity index (χ0n) is 9.18. The quantitative estimate of drug-likeness (QED) is 0.875. The van der Waals surface area contributed by atoms with Crippen molar-refractivity contribution in [3.63, 3.8) is 0 Å². The first-order valence-corrected chi connectivity index (χ1v) is 5.70. The van der Waals surface area contributed by atoms with E-state index >= 15 is 0 Å². The van der Waals surface area contributed by atoms with E-state index in [0.717, 1.165) is 11.3 Å². The second-order valence-electron chi connectivity index (χ2n) is 3.68. The fourth-order valence-electron chi connectivity index (χ4n) is 1.60. The molecule has 0 spiro atoms. The third kappa shape index (κ3) is 3.19. The molecule has 0 radical (unpaired) electrons. The van der Waals surface area contributed by atoms with Crippen molar-refractivity contribution in [1.29, 1.82) is 0 Å². The molecule has 2 N–H and O–H groups in total. The highest BCUT2D eigenvalue weighted by atomic mass is 35.5. The number of rotatable bonds is 4. The molecule has 1 aromatic heterocycles. The molecule has 1 heterocycles. The maximum Gasteiger partial charge on any atom is 0.0759 e. The van der Waals surface area contributed by atoms with Gasteiger partial charge in [-0.25, -0.2) is 0 Å². The Morgan fingerprint density at radius 3 is 2.82 bits per heavy atom. The largest absolute Gasteiger partial charge is 0.394 e. The first-order chi connectivity index (χ1) is 8.29. The maximum atomic E-state index is 9.39. The van der Waals surface area contributed by atoms with Gasteiger partial charge in [-0.2, -0.15) is 0 Å². The van der Waals surface area contributed by atoms with Gasteiger partial charge in [0.05, 0.1) is 12.6 Å². The SMILES string of the molecule is OCC(Nc1cccc(Cl)c1)c1cccnc1. The number of pyridine rings is 1. The van der Waals surface area contributed by atoms with E-state index in [0.29, 0.717) is 5.02 Å². The van der Waals surface area contributed by atoms with Crippen molar-refractivity contribution in [2.24, 2.45) is 0 Å². The molecular weight excluding hydrogens is 236 g/mol. The molecule has 0 fully saturated rings. The predicted molar refractivity (Wildman–Crippen MR) is 69.1 cm³/mol. The van der Waals surface area contributed by atoms with Crippen molar-refractivity contribution in [2.75, 3.05) is 11.9 Å². The number of halogens is 1. The van der Waals surface area contributed by atoms with Gasteiger partial charge in [0.1, 0.15) is 0 Å². The van der Waals surface area contributed by atoms with Gasteiger partial charge in [0.2, 0.25) is 0 Å². The number of aliphatic hydroxyl groups excluding tert-OH is 1. The summed E-state index contributed by atoms with van der Waals surface area (Å²) in [5.74, 6) is 0. The molecule has 3 nitrogen and oxygen atoms in total. The minimum absolute atomic E-state index is 0.00178. The Kier molecular flexibility index (Phi) is 3.96. The molecule has 0 aliphatic rings. The maximum absolute atomic E-state index is 9.39. The number of aromatic nitrogens is 1. The van der Waals surface area contributed by atoms with Crippen molar-refractivity contribution < 1.29 is 5.11 Å². The lowest BCUT2D eigenvalue weighted by molar-refractivity contribution is 0.276. The van der Waals surface area contributed by atoms with E-state index in [2.05, 4.69) is 10.3 Å². The summed E-state index contributed by atoms with van der Waals surface area (Å²) in [4.78, 5) is 4.04. The molecule has 1 unspecified atom stereocenters. The Hall–Kier alpha value is -1.58. The fourth-order valence-corrected chi connectivity index (χ4v) is 1.79. The van der Waals surface area contributed by atoms with Gasteiger partial charge in [-0.15, -0.1) is 0 Å². The third-order valence-electron chi connectivity index (χ3n) is 2.43. The predicted octanol–water partition coefficient (Wildman–Crippen LogP) is 2.88. The Morgan fingerprint density at radius 2 is 2.18 bits per heavy atom. The number of hydrogen-bond acceptors (Lipinski definition) is 3. The molecule has 88 valence electrons. The summed E-state index contributed by atoms with van der Waals surface area (Å²) in [5, 5.41) is 13.3. The van der Waals surface area contributed by atoms with Crippen molar-refractivity contribution in [3.8, 4) is 0 Å². The second-order valence-corrected chi connectivity index (χ2v) is 4.11. The average Bonchev–Trinajstić information content (AvgIpc) is 2.37. The summed E-state index contributed by atoms with van der Waals surface area (Å²) in [6.45, 7) is -0.00178. The minimum Gasteiger partial charge on any atom is -0.394 e. The topological polar surface area (TPSA) is 45.1 Å². The Balaban J connectivity index is 2.16. The van der Waals surface area contributed by atoms with Crippen LogP contribution >= 0.6 is 11.6 Å². The van der Waals surface area contributed by atoms with Crippen LogP contribution in [0.3, 0.4) is 0 Å². The summed E-state index contributed by atoms with van der Waals surface area (Å²) >= 11 is 5.90. The molecule has 0 aliphatic heterocycles. The number of aliphatic hydroxyl groups is 1. The van der Waals surface area contributed by atoms with E-state index in [9.17, 15) is 5.11 Å². The Bertz CT molecular complexity index is 476. The highest BCUT2D eigenvalue weighted by Crippen LogP contribution is 2.21. The Morgan fingerprint density at radius 1 is 1.29 bits per heavy atom. The van der Waals surface area contributed by atoms with Crippen LogP contribution in [0.4, 0.5) is 5.69 Å². The van der Waals surface area contributed by atoms with E-state index in [4.69, 9.17) is 11.6 Å². The second kappa shape index (κ2) is 5.66. The van der Waals surface area contributed by atoms with Gasteiger partial charge in [-0.05, 0) is 29.8 Å². The zero-order valence-corrected chi connectivity index (χ0v) is 9.93. The molecule has 0 aliphatic carbocycles. The molecule has 1 atom stereocenters. The van der Waals surface area contributed by atoms with Gasteiger partial charge in [0.15, 0.2) is 0 Å². The normalized spacial score (nSPS) is 12.1. The molecule has 17 heavy (non-hydrogen) atoms. The van der Waals surface area contributed by atoms with Crippen LogP contribution in [0, 0.1) is 0 Å². The van der Waals surface area contributed by atoms with Crippen LogP contribution in [0.2, 0.25) is 5.02 Å². The highest BCUT2D eigenvalue weighted by molar-refractivity contribution is 6.30. The van der Waals surface area contributed by atoms with E-state index in [1.54, 1.807) is 12.4 Å². The van der Waals surface area contributed by atoms with Crippen molar-refractivity contribution in [3.05, 3.63) is 59.4 Å². The summed E-state index contributed by atoms with van der Waals surface area (Å²) in [6, 6.07) is 11.0. The van der Waals surface area contributed by atoms with Crippen LogP contribution in [0.25, 0.3) is 0 Å². The van der Waals surface area contributed by atoms with E-state index in [1.807, 2.05) is 36.4 Å². The van der Waals surface area contributed by atoms with Gasteiger partial charge < -0.3 is 10.4 Å². The number of nitrogens with one attached hydrogen (secondary N) is 1. The monoisotopic (exact) mass is 248 g/mol. The van der Waals surface area contributed by atoms with Crippen LogP contribution in [0.1, 0.15) is 11.6 Å². The van der Waals surface area contributed by atoms with Gasteiger partial charge >= 0.3 is 0 Å². The number of anilines is 1. The summed E-state index contributed by atoms with van der Waals surface area (Å²) in [7, 11) is 0. The van der Waals surface area contributed by atoms with Crippen molar-refractivity contribution >= 4 is 17.3 Å². The molecule has 0 saturated carbocycles. The minimum atomic E-state index is -0.179. The molecular formula is C13H13ClN2O. The summed E-state index contributed by atoms with van der Waals surface area (Å²) < 4.78 is 0. The molecule has 0 bridgehead atoms. The van der Waals surface area contributed by atoms with Gasteiger partial charge in [0.25, 0.3) is 0 Å². The van der Waals surface area contributed by atoms with Gasteiger partial charge in [-0.3, -0.25) is 4.98 Å². The number of benzene rings is 1. The van der Waals surface area contributed by atoms with Gasteiger partial charge in [0, 0.05) is 23.1 Å². The third-order valence-corrected chi connectivity index (χ3v) is 2.67. The van der Waals surface area contributed by atoms with Crippen molar-refractivity contribution in [1.82, 2.24) is 4.98 Å². The highest BCUT2D eigenvalue weighted by Gasteiger charge is 2.09. The fraction of sp³-hybridized carbons (Fsp3) is 0.154. The van der Waals surface area contributed by atoms with Crippen LogP contribution in [0.15, 0.2) is 48.8 Å². The molecule has 0 amide bonds. The van der Waals surface area contributed by atoms with Crippen LogP contribution < -0.4 is 5.32 Å². The van der Waals surface area contributed by atoms with E-state index in [1.165, 1.54) is 0 Å². The Labute approximate surface area is 105 Å². The smallest absolute Gasteiger partial charge is 0.0759 e. The van der Waals surface area contributed by atoms with Crippen LogP contribution in [0.5, 0.6) is 0 Å². The lowest BCUT2D eigenvalue weighted by Crippen LogP contribution is -2.14.